The third-order valence-corrected chi connectivity index (χ3v) is 9.69. The molecule has 270 valence electrons. The van der Waals surface area contributed by atoms with Crippen LogP contribution in [0.3, 0.4) is 0 Å². The monoisotopic (exact) mass is 717 g/mol. The highest BCUT2D eigenvalue weighted by molar-refractivity contribution is 7.88. The van der Waals surface area contributed by atoms with E-state index in [1.165, 1.54) is 5.56 Å². The second-order valence-corrected chi connectivity index (χ2v) is 14.7. The fourth-order valence-corrected chi connectivity index (χ4v) is 6.65. The maximum Gasteiger partial charge on any atom is 0.278 e. The molecular formula is C42H47N5O4S. The number of unbranched alkanes of at least 4 members (excludes halogenated alkanes) is 1. The van der Waals surface area contributed by atoms with Crippen LogP contribution in [-0.4, -0.2) is 56.3 Å². The van der Waals surface area contributed by atoms with Crippen LogP contribution in [0.15, 0.2) is 114 Å². The average molecular weight is 718 g/mol. The predicted molar refractivity (Wildman–Crippen MR) is 213 cm³/mol. The normalized spacial score (nSPS) is 11.8. The Labute approximate surface area is 307 Å². The number of amides is 1. The summed E-state index contributed by atoms with van der Waals surface area (Å²) in [6.45, 7) is 7.40. The van der Waals surface area contributed by atoms with Crippen molar-refractivity contribution in [2.45, 2.75) is 40.0 Å². The molecule has 0 bridgehead atoms. The van der Waals surface area contributed by atoms with Gasteiger partial charge in [-0.05, 0) is 85.3 Å². The van der Waals surface area contributed by atoms with Crippen molar-refractivity contribution in [3.63, 3.8) is 0 Å². The third kappa shape index (κ3) is 9.51. The van der Waals surface area contributed by atoms with E-state index < -0.39 is 21.7 Å². The summed E-state index contributed by atoms with van der Waals surface area (Å²) < 4.78 is 27.7. The Morgan fingerprint density at radius 3 is 2.10 bits per heavy atom. The number of benzene rings is 4. The van der Waals surface area contributed by atoms with Crippen molar-refractivity contribution in [1.29, 1.82) is 0 Å². The van der Waals surface area contributed by atoms with Crippen molar-refractivity contribution in [3.05, 3.63) is 126 Å². The molecule has 2 N–H and O–H groups in total. The minimum atomic E-state index is -3.31. The number of Topliss-reactive ketones (excluding diaryl/α,β-unsaturated/α-hetero) is 1. The first-order valence-electron chi connectivity index (χ1n) is 17.6. The van der Waals surface area contributed by atoms with Crippen LogP contribution >= 0.6 is 0 Å². The predicted octanol–water partition coefficient (Wildman–Crippen LogP) is 7.98. The Hall–Kier alpha value is -5.32. The number of anilines is 2. The molecule has 5 aromatic rings. The number of ketones is 1. The Bertz CT molecular complexity index is 2140. The van der Waals surface area contributed by atoms with E-state index in [-0.39, 0.29) is 12.3 Å². The summed E-state index contributed by atoms with van der Waals surface area (Å²) in [5.41, 5.74) is 7.26. The number of hydrogen-bond donors (Lipinski definition) is 2. The van der Waals surface area contributed by atoms with Gasteiger partial charge in [-0.3, -0.25) is 9.59 Å². The number of nitrogens with zero attached hydrogens (tertiary/aromatic N) is 3. The van der Waals surface area contributed by atoms with Crippen molar-refractivity contribution in [2.75, 3.05) is 36.1 Å². The molecule has 5 rings (SSSR count). The van der Waals surface area contributed by atoms with Crippen LogP contribution in [0.2, 0.25) is 0 Å². The summed E-state index contributed by atoms with van der Waals surface area (Å²) in [4.78, 5) is 35.8. The largest absolute Gasteiger partial charge is 0.370 e. The zero-order valence-electron chi connectivity index (χ0n) is 30.5. The minimum absolute atomic E-state index is 0.238. The van der Waals surface area contributed by atoms with E-state index in [0.717, 1.165) is 53.6 Å². The van der Waals surface area contributed by atoms with Crippen molar-refractivity contribution in [3.8, 4) is 22.5 Å². The summed E-state index contributed by atoms with van der Waals surface area (Å²) in [6.07, 6.45) is 4.26. The Morgan fingerprint density at radius 1 is 0.846 bits per heavy atom. The van der Waals surface area contributed by atoms with Crippen LogP contribution in [0.25, 0.3) is 22.5 Å². The molecule has 4 aromatic carbocycles. The van der Waals surface area contributed by atoms with Gasteiger partial charge in [0.2, 0.25) is 15.8 Å². The van der Waals surface area contributed by atoms with Gasteiger partial charge in [0.1, 0.15) is 0 Å². The number of aromatic nitrogens is 1. The fraction of sp³-hybridized carbons (Fsp3) is 0.262. The second kappa shape index (κ2) is 17.3. The molecule has 0 saturated carbocycles. The summed E-state index contributed by atoms with van der Waals surface area (Å²) >= 11 is 0. The topological polar surface area (TPSA) is 113 Å². The van der Waals surface area contributed by atoms with E-state index >= 15 is 0 Å². The number of carbonyl (C=O) groups is 2. The number of nitrogens with one attached hydrogen (secondary N) is 2. The molecule has 1 amide bonds. The number of rotatable bonds is 16. The molecule has 9 nitrogen and oxygen atoms in total. The molecule has 0 atom stereocenters. The third-order valence-electron chi connectivity index (χ3n) is 8.96. The lowest BCUT2D eigenvalue weighted by Crippen LogP contribution is -2.34. The van der Waals surface area contributed by atoms with E-state index in [0.29, 0.717) is 35.7 Å². The van der Waals surface area contributed by atoms with Crippen LogP contribution in [0.1, 0.15) is 48.2 Å². The maximum atomic E-state index is 14.8. The number of aryl methyl sites for hydroxylation is 2. The van der Waals surface area contributed by atoms with Gasteiger partial charge in [0.05, 0.1) is 23.2 Å². The minimum Gasteiger partial charge on any atom is -0.370 e. The molecule has 0 radical (unpaired) electrons. The molecule has 0 aliphatic heterocycles. The molecule has 1 aromatic heterocycles. The SMILES string of the molecule is CCCCc1ccc(NC(=O)C(=Nc2ccc(N(CC)CCNS(C)(=O)=O)cc2C)C(=O)c2cc(-c3ccccc3)n(C)c2-c2ccccc2)cc1. The lowest BCUT2D eigenvalue weighted by molar-refractivity contribution is -0.110. The van der Waals surface area contributed by atoms with E-state index in [2.05, 4.69) is 17.0 Å². The maximum absolute atomic E-state index is 14.8. The molecule has 0 aliphatic rings. The van der Waals surface area contributed by atoms with Gasteiger partial charge in [-0.1, -0.05) is 86.1 Å². The summed E-state index contributed by atoms with van der Waals surface area (Å²) in [7, 11) is -1.39. The van der Waals surface area contributed by atoms with Crippen molar-refractivity contribution in [2.24, 2.45) is 12.0 Å². The fourth-order valence-electron chi connectivity index (χ4n) is 6.18. The number of aliphatic imine (C=N–C) groups is 1. The summed E-state index contributed by atoms with van der Waals surface area (Å²) in [5.74, 6) is -1.11. The van der Waals surface area contributed by atoms with E-state index in [1.807, 2.05) is 133 Å². The summed E-state index contributed by atoms with van der Waals surface area (Å²) in [5, 5.41) is 2.94. The smallest absolute Gasteiger partial charge is 0.278 e. The first kappa shape index (κ1) is 37.9. The second-order valence-electron chi connectivity index (χ2n) is 12.8. The number of hydrogen-bond acceptors (Lipinski definition) is 6. The highest BCUT2D eigenvalue weighted by Gasteiger charge is 2.29. The van der Waals surface area contributed by atoms with E-state index in [9.17, 15) is 18.0 Å². The Kier molecular flexibility index (Phi) is 12.6. The van der Waals surface area contributed by atoms with Gasteiger partial charge in [-0.15, -0.1) is 0 Å². The molecule has 0 fully saturated rings. The quantitative estimate of drug-likeness (QED) is 0.0611. The van der Waals surface area contributed by atoms with Gasteiger partial charge < -0.3 is 14.8 Å². The Balaban J connectivity index is 1.58. The average Bonchev–Trinajstić information content (AvgIpc) is 3.49. The van der Waals surface area contributed by atoms with Gasteiger partial charge >= 0.3 is 0 Å². The molecule has 0 saturated heterocycles. The van der Waals surface area contributed by atoms with Crippen molar-refractivity contribution < 1.29 is 18.0 Å². The van der Waals surface area contributed by atoms with E-state index in [4.69, 9.17) is 4.99 Å². The molecule has 0 unspecified atom stereocenters. The van der Waals surface area contributed by atoms with Crippen LogP contribution in [0.5, 0.6) is 0 Å². The van der Waals surface area contributed by atoms with Crippen LogP contribution < -0.4 is 14.9 Å². The molecule has 10 heteroatoms. The molecule has 0 spiro atoms. The van der Waals surface area contributed by atoms with Crippen molar-refractivity contribution >= 4 is 44.5 Å². The van der Waals surface area contributed by atoms with Gasteiger partial charge in [0.15, 0.2) is 5.71 Å². The highest BCUT2D eigenvalue weighted by Crippen LogP contribution is 2.33. The first-order valence-corrected chi connectivity index (χ1v) is 19.5. The zero-order valence-corrected chi connectivity index (χ0v) is 31.3. The molecule has 1 heterocycles. The van der Waals surface area contributed by atoms with E-state index in [1.54, 1.807) is 6.07 Å². The molecule has 52 heavy (non-hydrogen) atoms. The highest BCUT2D eigenvalue weighted by atomic mass is 32.2. The van der Waals surface area contributed by atoms with Gasteiger partial charge in [-0.2, -0.15) is 0 Å². The number of sulfonamides is 1. The number of likely N-dealkylation sites (N-methyl/N-ethyl adjacent to an activating group) is 1. The first-order chi connectivity index (χ1) is 25.0. The number of carbonyl (C=O) groups excluding carboxylic acids is 2. The lowest BCUT2D eigenvalue weighted by atomic mass is 10.0. The van der Waals surface area contributed by atoms with Gasteiger partial charge in [0, 0.05) is 43.8 Å². The zero-order chi connectivity index (χ0) is 37.3. The standard InChI is InChI=1S/C42H47N5O4S/c1-6-8-15-31-20-22-34(23-21-31)44-42(49)39(45-37-25-24-35(28-30(37)3)47(7-2)27-26-43-52(5,50)51)41(48)36-29-38(32-16-11-9-12-17-32)46(4)40(36)33-18-13-10-14-19-33/h9-14,16-25,28-29,43H,6-8,15,26-27H2,1-5H3,(H,44,49). The molecular weight excluding hydrogens is 671 g/mol. The molecule has 0 aliphatic carbocycles. The van der Waals surface area contributed by atoms with Gasteiger partial charge in [-0.25, -0.2) is 18.1 Å². The van der Waals surface area contributed by atoms with Crippen LogP contribution in [-0.2, 0) is 28.3 Å². The van der Waals surface area contributed by atoms with Crippen LogP contribution in [0, 0.1) is 6.92 Å². The van der Waals surface area contributed by atoms with Crippen molar-refractivity contribution in [1.82, 2.24) is 9.29 Å². The lowest BCUT2D eigenvalue weighted by Gasteiger charge is -2.24. The Morgan fingerprint density at radius 2 is 1.50 bits per heavy atom. The summed E-state index contributed by atoms with van der Waals surface area (Å²) in [6, 6.07) is 34.6. The van der Waals surface area contributed by atoms with Crippen LogP contribution in [0.4, 0.5) is 17.1 Å². The van der Waals surface area contributed by atoms with Gasteiger partial charge in [0.25, 0.3) is 5.91 Å².